The van der Waals surface area contributed by atoms with Crippen molar-refractivity contribution in [3.63, 3.8) is 0 Å². The Kier molecular flexibility index (Phi) is 5.02. The minimum Gasteiger partial charge on any atom is -0.322 e. The van der Waals surface area contributed by atoms with Crippen LogP contribution in [0.2, 0.25) is 5.02 Å². The molecule has 0 amide bonds. The van der Waals surface area contributed by atoms with Crippen LogP contribution in [0.4, 0.5) is 0 Å². The summed E-state index contributed by atoms with van der Waals surface area (Å²) in [6.45, 7) is 4.96. The molecule has 0 aliphatic rings. The van der Waals surface area contributed by atoms with Crippen molar-refractivity contribution in [1.29, 1.82) is 0 Å². The van der Waals surface area contributed by atoms with Gasteiger partial charge in [-0.25, -0.2) is 0 Å². The molecular formula is C23H23ClN4. The van der Waals surface area contributed by atoms with Crippen LogP contribution in [-0.4, -0.2) is 15.5 Å². The topological polar surface area (TPSA) is 63.8 Å². The number of para-hydroxylation sites is 1. The van der Waals surface area contributed by atoms with E-state index < -0.39 is 0 Å². The summed E-state index contributed by atoms with van der Waals surface area (Å²) in [7, 11) is 0. The van der Waals surface area contributed by atoms with Gasteiger partial charge in [-0.2, -0.15) is 0 Å². The fourth-order valence-corrected chi connectivity index (χ4v) is 3.71. The molecular weight excluding hydrogens is 368 g/mol. The SMILES string of the molecule is CC(C)(NCc1ccnc2ccccc12)C(N)c1ccnc2cc(Cl)ccc12. The first kappa shape index (κ1) is 18.8. The molecule has 1 unspecified atom stereocenters. The summed E-state index contributed by atoms with van der Waals surface area (Å²) in [5.74, 6) is 0. The van der Waals surface area contributed by atoms with Crippen LogP contribution in [0.5, 0.6) is 0 Å². The van der Waals surface area contributed by atoms with Crippen molar-refractivity contribution < 1.29 is 0 Å². The van der Waals surface area contributed by atoms with Gasteiger partial charge in [-0.3, -0.25) is 9.97 Å². The summed E-state index contributed by atoms with van der Waals surface area (Å²) in [6.07, 6.45) is 3.65. The zero-order valence-corrected chi connectivity index (χ0v) is 16.7. The van der Waals surface area contributed by atoms with Gasteiger partial charge in [0.15, 0.2) is 0 Å². The van der Waals surface area contributed by atoms with Crippen LogP contribution in [0, 0.1) is 0 Å². The van der Waals surface area contributed by atoms with E-state index in [1.54, 1.807) is 6.20 Å². The Balaban J connectivity index is 1.61. The Labute approximate surface area is 169 Å². The third kappa shape index (κ3) is 3.59. The molecule has 4 nitrogen and oxygen atoms in total. The second kappa shape index (κ2) is 7.47. The maximum atomic E-state index is 6.72. The Morgan fingerprint density at radius 2 is 1.71 bits per heavy atom. The molecule has 2 heterocycles. The van der Waals surface area contributed by atoms with Crippen LogP contribution in [-0.2, 0) is 6.54 Å². The second-order valence-corrected chi connectivity index (χ2v) is 8.04. The number of nitrogens with two attached hydrogens (primary N) is 1. The van der Waals surface area contributed by atoms with E-state index in [4.69, 9.17) is 17.3 Å². The monoisotopic (exact) mass is 390 g/mol. The lowest BCUT2D eigenvalue weighted by Crippen LogP contribution is -2.48. The van der Waals surface area contributed by atoms with Gasteiger partial charge in [-0.05, 0) is 55.3 Å². The van der Waals surface area contributed by atoms with Crippen LogP contribution in [0.1, 0.15) is 31.0 Å². The molecule has 0 aliphatic carbocycles. The number of nitrogens with one attached hydrogen (secondary N) is 1. The molecule has 2 aromatic carbocycles. The van der Waals surface area contributed by atoms with Crippen LogP contribution in [0.25, 0.3) is 21.8 Å². The first-order valence-electron chi connectivity index (χ1n) is 9.33. The van der Waals surface area contributed by atoms with E-state index in [9.17, 15) is 0 Å². The molecule has 142 valence electrons. The summed E-state index contributed by atoms with van der Waals surface area (Å²) in [4.78, 5) is 8.87. The molecule has 0 bridgehead atoms. The first-order chi connectivity index (χ1) is 13.5. The number of hydrogen-bond acceptors (Lipinski definition) is 4. The first-order valence-corrected chi connectivity index (χ1v) is 9.71. The molecule has 0 saturated heterocycles. The van der Waals surface area contributed by atoms with E-state index >= 15 is 0 Å². The summed E-state index contributed by atoms with van der Waals surface area (Å²) < 4.78 is 0. The number of rotatable bonds is 5. The molecule has 4 aromatic rings. The fourth-order valence-electron chi connectivity index (χ4n) is 3.55. The highest BCUT2D eigenvalue weighted by atomic mass is 35.5. The number of pyridine rings is 2. The maximum Gasteiger partial charge on any atom is 0.0720 e. The molecule has 0 aliphatic heterocycles. The third-order valence-corrected chi connectivity index (χ3v) is 5.56. The van der Waals surface area contributed by atoms with Gasteiger partial charge in [-0.15, -0.1) is 0 Å². The number of halogens is 1. The Hall–Kier alpha value is -2.53. The smallest absolute Gasteiger partial charge is 0.0720 e. The van der Waals surface area contributed by atoms with Gasteiger partial charge >= 0.3 is 0 Å². The molecule has 3 N–H and O–H groups in total. The number of benzene rings is 2. The van der Waals surface area contributed by atoms with Crippen molar-refractivity contribution in [3.8, 4) is 0 Å². The molecule has 0 fully saturated rings. The Morgan fingerprint density at radius 3 is 2.57 bits per heavy atom. The highest BCUT2D eigenvalue weighted by Crippen LogP contribution is 2.30. The lowest BCUT2D eigenvalue weighted by atomic mass is 9.87. The van der Waals surface area contributed by atoms with E-state index in [0.717, 1.165) is 27.4 Å². The number of nitrogens with zero attached hydrogens (tertiary/aromatic N) is 2. The molecule has 0 radical (unpaired) electrons. The van der Waals surface area contributed by atoms with Crippen LogP contribution >= 0.6 is 11.6 Å². The van der Waals surface area contributed by atoms with Crippen LogP contribution in [0.15, 0.2) is 67.0 Å². The quantitative estimate of drug-likeness (QED) is 0.503. The van der Waals surface area contributed by atoms with Gasteiger partial charge in [0, 0.05) is 46.3 Å². The van der Waals surface area contributed by atoms with E-state index in [1.165, 1.54) is 5.56 Å². The molecule has 0 spiro atoms. The van der Waals surface area contributed by atoms with E-state index in [0.29, 0.717) is 11.6 Å². The fraction of sp³-hybridized carbons (Fsp3) is 0.217. The summed E-state index contributed by atoms with van der Waals surface area (Å²) in [5.41, 5.74) is 10.5. The van der Waals surface area contributed by atoms with Gasteiger partial charge in [0.25, 0.3) is 0 Å². The summed E-state index contributed by atoms with van der Waals surface area (Å²) >= 11 is 6.12. The highest BCUT2D eigenvalue weighted by molar-refractivity contribution is 6.31. The standard InChI is InChI=1S/C23H23ClN4/c1-23(2,28-14-15-9-11-26-20-6-4-3-5-17(15)20)22(25)19-10-12-27-21-13-16(24)7-8-18(19)21/h3-13,22,28H,14,25H2,1-2H3. The van der Waals surface area contributed by atoms with Crippen molar-refractivity contribution in [1.82, 2.24) is 15.3 Å². The Morgan fingerprint density at radius 1 is 0.964 bits per heavy atom. The third-order valence-electron chi connectivity index (χ3n) is 5.32. The van der Waals surface area contributed by atoms with Crippen molar-refractivity contribution in [2.75, 3.05) is 0 Å². The molecule has 5 heteroatoms. The zero-order chi connectivity index (χ0) is 19.7. The van der Waals surface area contributed by atoms with Crippen molar-refractivity contribution in [2.24, 2.45) is 5.73 Å². The van der Waals surface area contributed by atoms with E-state index in [-0.39, 0.29) is 11.6 Å². The zero-order valence-electron chi connectivity index (χ0n) is 16.0. The van der Waals surface area contributed by atoms with Crippen molar-refractivity contribution >= 4 is 33.4 Å². The summed E-state index contributed by atoms with van der Waals surface area (Å²) in [5, 5.41) is 6.51. The van der Waals surface area contributed by atoms with Crippen LogP contribution < -0.4 is 11.1 Å². The number of aromatic nitrogens is 2. The van der Waals surface area contributed by atoms with Gasteiger partial charge < -0.3 is 11.1 Å². The molecule has 2 aromatic heterocycles. The van der Waals surface area contributed by atoms with Gasteiger partial charge in [0.05, 0.1) is 11.0 Å². The molecule has 1 atom stereocenters. The Bertz CT molecular complexity index is 1130. The number of hydrogen-bond donors (Lipinski definition) is 2. The minimum absolute atomic E-state index is 0.215. The average molecular weight is 391 g/mol. The summed E-state index contributed by atoms with van der Waals surface area (Å²) in [6, 6.07) is 17.8. The second-order valence-electron chi connectivity index (χ2n) is 7.60. The van der Waals surface area contributed by atoms with Crippen molar-refractivity contribution in [3.05, 3.63) is 83.1 Å². The van der Waals surface area contributed by atoms with E-state index in [2.05, 4.69) is 41.3 Å². The van der Waals surface area contributed by atoms with E-state index in [1.807, 2.05) is 48.7 Å². The lowest BCUT2D eigenvalue weighted by Gasteiger charge is -2.34. The lowest BCUT2D eigenvalue weighted by molar-refractivity contribution is 0.322. The molecule has 4 rings (SSSR count). The maximum absolute atomic E-state index is 6.72. The number of fused-ring (bicyclic) bond motifs is 2. The van der Waals surface area contributed by atoms with Crippen molar-refractivity contribution in [2.45, 2.75) is 32.0 Å². The predicted molar refractivity (Wildman–Crippen MR) is 116 cm³/mol. The largest absolute Gasteiger partial charge is 0.322 e. The molecule has 0 saturated carbocycles. The van der Waals surface area contributed by atoms with Crippen LogP contribution in [0.3, 0.4) is 0 Å². The average Bonchev–Trinajstić information content (AvgIpc) is 2.71. The normalized spacial score (nSPS) is 13.1. The minimum atomic E-state index is -0.335. The van der Waals surface area contributed by atoms with Gasteiger partial charge in [-0.1, -0.05) is 35.9 Å². The predicted octanol–water partition coefficient (Wildman–Crippen LogP) is 5.00. The molecule has 28 heavy (non-hydrogen) atoms. The van der Waals surface area contributed by atoms with Gasteiger partial charge in [0.1, 0.15) is 0 Å². The highest BCUT2D eigenvalue weighted by Gasteiger charge is 2.28. The van der Waals surface area contributed by atoms with Gasteiger partial charge in [0.2, 0.25) is 0 Å².